The van der Waals surface area contributed by atoms with E-state index in [1.54, 1.807) is 13.8 Å². The number of carboxylic acid groups (broad SMARTS) is 1. The molecule has 0 radical (unpaired) electrons. The van der Waals surface area contributed by atoms with Crippen LogP contribution >= 0.6 is 12.6 Å². The van der Waals surface area contributed by atoms with Gasteiger partial charge >= 0.3 is 5.97 Å². The van der Waals surface area contributed by atoms with E-state index in [4.69, 9.17) is 11.5 Å². The molecule has 31 heavy (non-hydrogen) atoms. The van der Waals surface area contributed by atoms with Gasteiger partial charge in [-0.15, -0.1) is 0 Å². The lowest BCUT2D eigenvalue weighted by Gasteiger charge is -2.27. The topological polar surface area (TPSA) is 194 Å². The molecule has 0 aliphatic heterocycles. The molecular formula is C19H35N5O6S. The maximum Gasteiger partial charge on any atom is 0.326 e. The first-order valence-electron chi connectivity index (χ1n) is 10.1. The summed E-state index contributed by atoms with van der Waals surface area (Å²) in [6.07, 6.45) is 0.278. The van der Waals surface area contributed by atoms with Gasteiger partial charge in [-0.25, -0.2) is 4.79 Å². The Bertz CT molecular complexity index is 660. The average molecular weight is 462 g/mol. The predicted octanol–water partition coefficient (Wildman–Crippen LogP) is -1.25. The highest BCUT2D eigenvalue weighted by Crippen LogP contribution is 2.08. The second-order valence-corrected chi connectivity index (χ2v) is 8.15. The van der Waals surface area contributed by atoms with Crippen LogP contribution in [0.5, 0.6) is 0 Å². The second kappa shape index (κ2) is 13.9. The first kappa shape index (κ1) is 28.7. The van der Waals surface area contributed by atoms with E-state index in [0.717, 1.165) is 0 Å². The number of nitrogens with one attached hydrogen (secondary N) is 3. The fourth-order valence-electron chi connectivity index (χ4n) is 2.57. The molecule has 0 saturated carbocycles. The summed E-state index contributed by atoms with van der Waals surface area (Å²) in [5, 5.41) is 16.6. The molecule has 0 aromatic carbocycles. The van der Waals surface area contributed by atoms with Crippen LogP contribution in [-0.2, 0) is 24.0 Å². The Labute approximate surface area is 187 Å². The Morgan fingerprint density at radius 2 is 1.48 bits per heavy atom. The number of hydrogen-bond donors (Lipinski definition) is 7. The van der Waals surface area contributed by atoms with Crippen LogP contribution in [0.4, 0.5) is 0 Å². The molecule has 0 fully saturated rings. The standard InChI is InChI=1S/C19H35N5O6S/c1-5-10(4)14(21)17(27)23-12(8-31)16(26)24-15(9(2)3)18(28)22-11(19(29)30)6-7-13(20)25/h9-12,14-15,31H,5-8,21H2,1-4H3,(H2,20,25)(H,22,28)(H,23,27)(H,24,26)(H,29,30). The number of thiol groups is 1. The van der Waals surface area contributed by atoms with E-state index < -0.39 is 59.7 Å². The lowest BCUT2D eigenvalue weighted by atomic mass is 9.99. The average Bonchev–Trinajstić information content (AvgIpc) is 2.70. The Morgan fingerprint density at radius 3 is 1.90 bits per heavy atom. The molecular weight excluding hydrogens is 426 g/mol. The molecule has 0 saturated heterocycles. The van der Waals surface area contributed by atoms with E-state index in [9.17, 15) is 29.1 Å². The minimum atomic E-state index is -1.34. The number of hydrogen-bond acceptors (Lipinski definition) is 7. The molecule has 4 amide bonds. The zero-order valence-electron chi connectivity index (χ0n) is 18.4. The third kappa shape index (κ3) is 10.0. The van der Waals surface area contributed by atoms with Gasteiger partial charge in [-0.1, -0.05) is 34.1 Å². The van der Waals surface area contributed by atoms with Gasteiger partial charge in [0.15, 0.2) is 0 Å². The lowest BCUT2D eigenvalue weighted by Crippen LogP contribution is -2.59. The Hall–Kier alpha value is -2.34. The normalized spacial score (nSPS) is 15.8. The molecule has 0 aliphatic rings. The summed E-state index contributed by atoms with van der Waals surface area (Å²) in [6.45, 7) is 7.03. The van der Waals surface area contributed by atoms with Crippen molar-refractivity contribution >= 4 is 42.2 Å². The molecule has 5 unspecified atom stereocenters. The van der Waals surface area contributed by atoms with Gasteiger partial charge in [0, 0.05) is 12.2 Å². The van der Waals surface area contributed by atoms with Crippen molar-refractivity contribution in [2.24, 2.45) is 23.3 Å². The van der Waals surface area contributed by atoms with Gasteiger partial charge < -0.3 is 32.5 Å². The molecule has 178 valence electrons. The number of nitrogens with two attached hydrogens (primary N) is 2. The number of rotatable bonds is 14. The van der Waals surface area contributed by atoms with Crippen molar-refractivity contribution in [1.82, 2.24) is 16.0 Å². The molecule has 0 bridgehead atoms. The largest absolute Gasteiger partial charge is 0.480 e. The van der Waals surface area contributed by atoms with Crippen molar-refractivity contribution in [3.63, 3.8) is 0 Å². The molecule has 0 aromatic heterocycles. The maximum atomic E-state index is 12.7. The van der Waals surface area contributed by atoms with Crippen LogP contribution < -0.4 is 27.4 Å². The van der Waals surface area contributed by atoms with Crippen LogP contribution in [0, 0.1) is 11.8 Å². The molecule has 8 N–H and O–H groups in total. The van der Waals surface area contributed by atoms with Crippen LogP contribution in [0.2, 0.25) is 0 Å². The highest BCUT2D eigenvalue weighted by molar-refractivity contribution is 7.80. The summed E-state index contributed by atoms with van der Waals surface area (Å²) < 4.78 is 0. The monoisotopic (exact) mass is 461 g/mol. The first-order valence-corrected chi connectivity index (χ1v) is 10.8. The van der Waals surface area contributed by atoms with E-state index in [0.29, 0.717) is 6.42 Å². The van der Waals surface area contributed by atoms with Gasteiger partial charge in [0.25, 0.3) is 0 Å². The van der Waals surface area contributed by atoms with Crippen LogP contribution in [-0.4, -0.2) is 64.6 Å². The van der Waals surface area contributed by atoms with Gasteiger partial charge in [0.1, 0.15) is 18.1 Å². The molecule has 0 aromatic rings. The van der Waals surface area contributed by atoms with Crippen molar-refractivity contribution in [1.29, 1.82) is 0 Å². The highest BCUT2D eigenvalue weighted by Gasteiger charge is 2.32. The number of carbonyl (C=O) groups excluding carboxylic acids is 4. The number of carbonyl (C=O) groups is 5. The summed E-state index contributed by atoms with van der Waals surface area (Å²) in [5.74, 6) is -4.45. The van der Waals surface area contributed by atoms with Crippen LogP contribution in [0.1, 0.15) is 47.0 Å². The zero-order chi connectivity index (χ0) is 24.3. The smallest absolute Gasteiger partial charge is 0.326 e. The van der Waals surface area contributed by atoms with Crippen molar-refractivity contribution < 1.29 is 29.1 Å². The van der Waals surface area contributed by atoms with Crippen molar-refractivity contribution in [2.75, 3.05) is 5.75 Å². The predicted molar refractivity (Wildman–Crippen MR) is 118 cm³/mol. The van der Waals surface area contributed by atoms with Crippen LogP contribution in [0.3, 0.4) is 0 Å². The third-order valence-corrected chi connectivity index (χ3v) is 5.28. The quantitative estimate of drug-likeness (QED) is 0.157. The summed E-state index contributed by atoms with van der Waals surface area (Å²) in [4.78, 5) is 59.8. The van der Waals surface area contributed by atoms with E-state index in [2.05, 4.69) is 28.6 Å². The number of carboxylic acids is 1. The third-order valence-electron chi connectivity index (χ3n) is 4.92. The Balaban J connectivity index is 5.21. The number of aliphatic carboxylic acids is 1. The molecule has 0 heterocycles. The lowest BCUT2D eigenvalue weighted by molar-refractivity contribution is -0.143. The van der Waals surface area contributed by atoms with Gasteiger partial charge in [-0.3, -0.25) is 19.2 Å². The van der Waals surface area contributed by atoms with Crippen molar-refractivity contribution in [2.45, 2.75) is 71.1 Å². The molecule has 5 atom stereocenters. The minimum absolute atomic E-state index is 0.0341. The molecule has 0 rings (SSSR count). The fraction of sp³-hybridized carbons (Fsp3) is 0.737. The Morgan fingerprint density at radius 1 is 0.935 bits per heavy atom. The number of amides is 4. The van der Waals surface area contributed by atoms with E-state index in [-0.39, 0.29) is 24.5 Å². The van der Waals surface area contributed by atoms with Crippen LogP contribution in [0.15, 0.2) is 0 Å². The van der Waals surface area contributed by atoms with E-state index in [1.807, 2.05) is 13.8 Å². The zero-order valence-corrected chi connectivity index (χ0v) is 19.3. The summed E-state index contributed by atoms with van der Waals surface area (Å²) in [5.41, 5.74) is 10.9. The van der Waals surface area contributed by atoms with Crippen molar-refractivity contribution in [3.8, 4) is 0 Å². The van der Waals surface area contributed by atoms with Crippen molar-refractivity contribution in [3.05, 3.63) is 0 Å². The fourth-order valence-corrected chi connectivity index (χ4v) is 2.83. The molecule has 0 spiro atoms. The van der Waals surface area contributed by atoms with E-state index >= 15 is 0 Å². The van der Waals surface area contributed by atoms with E-state index in [1.165, 1.54) is 0 Å². The minimum Gasteiger partial charge on any atom is -0.480 e. The molecule has 12 heteroatoms. The highest BCUT2D eigenvalue weighted by atomic mass is 32.1. The second-order valence-electron chi connectivity index (χ2n) is 7.79. The van der Waals surface area contributed by atoms with Gasteiger partial charge in [-0.2, -0.15) is 12.6 Å². The van der Waals surface area contributed by atoms with Gasteiger partial charge in [-0.05, 0) is 18.3 Å². The number of primary amides is 1. The summed E-state index contributed by atoms with van der Waals surface area (Å²) >= 11 is 4.09. The summed E-state index contributed by atoms with van der Waals surface area (Å²) in [6, 6.07) is -4.26. The van der Waals surface area contributed by atoms with Gasteiger partial charge in [0.2, 0.25) is 23.6 Å². The van der Waals surface area contributed by atoms with Crippen LogP contribution in [0.25, 0.3) is 0 Å². The first-order chi connectivity index (χ1) is 14.3. The SMILES string of the molecule is CCC(C)C(N)C(=O)NC(CS)C(=O)NC(C(=O)NC(CCC(N)=O)C(=O)O)C(C)C. The summed E-state index contributed by atoms with van der Waals surface area (Å²) in [7, 11) is 0. The molecule has 0 aliphatic carbocycles. The van der Waals surface area contributed by atoms with Gasteiger partial charge in [0.05, 0.1) is 6.04 Å². The molecule has 11 nitrogen and oxygen atoms in total. The Kier molecular flexibility index (Phi) is 12.8. The maximum absolute atomic E-state index is 12.7.